The first-order chi connectivity index (χ1) is 21.2. The van der Waals surface area contributed by atoms with Crippen molar-refractivity contribution in [3.63, 3.8) is 0 Å². The minimum absolute atomic E-state index is 0.0887. The van der Waals surface area contributed by atoms with E-state index >= 15 is 0 Å². The van der Waals surface area contributed by atoms with Gasteiger partial charge >= 0.3 is 12.1 Å². The van der Waals surface area contributed by atoms with Crippen LogP contribution in [0.5, 0.6) is 11.5 Å². The summed E-state index contributed by atoms with van der Waals surface area (Å²) in [6.45, 7) is 5.53. The molecule has 0 aromatic heterocycles. The number of carboxylic acids is 1. The van der Waals surface area contributed by atoms with Crippen molar-refractivity contribution >= 4 is 11.9 Å². The van der Waals surface area contributed by atoms with Gasteiger partial charge in [-0.05, 0) is 53.6 Å². The Bertz CT molecular complexity index is 1560. The minimum Gasteiger partial charge on any atom is -0.496 e. The van der Waals surface area contributed by atoms with Crippen molar-refractivity contribution < 1.29 is 41.7 Å². The number of nitrogens with one attached hydrogen (secondary N) is 1. The zero-order valence-electron chi connectivity index (χ0n) is 25.4. The van der Waals surface area contributed by atoms with Gasteiger partial charge < -0.3 is 24.8 Å². The molecule has 0 saturated carbocycles. The highest BCUT2D eigenvalue weighted by molar-refractivity contribution is 5.88. The SMILES string of the molecule is COc1ccc(C(F)(F)F)cc1CN[C@H]1[C@H](C(C)(C)C)[C@@H](C(=O)O)N(C(=O)C2CCc3ccc(F)cc3O2)[C@H]1c1ccccc1. The molecule has 2 aliphatic rings. The van der Waals surface area contributed by atoms with E-state index in [0.29, 0.717) is 12.0 Å². The Labute approximate surface area is 259 Å². The summed E-state index contributed by atoms with van der Waals surface area (Å²) in [5.74, 6) is -2.50. The fourth-order valence-electron chi connectivity index (χ4n) is 6.73. The van der Waals surface area contributed by atoms with E-state index in [1.165, 1.54) is 30.2 Å². The lowest BCUT2D eigenvalue weighted by Gasteiger charge is -2.36. The standard InChI is InChI=1S/C34H36F4N2O5/c1-33(2,3)27-28(39-18-21-16-22(34(36,37)38)12-15-24(21)44-4)29(20-8-6-5-7-9-20)40(30(27)32(42)43)31(41)25-14-11-19-10-13-23(35)17-26(19)45-25/h5-10,12-13,15-17,25,27-30,39H,11,14,18H2,1-4H3,(H,42,43)/t25?,27-,28-,29-,30-/m0/s1. The molecular weight excluding hydrogens is 592 g/mol. The fraction of sp³-hybridized carbons (Fsp3) is 0.412. The third kappa shape index (κ3) is 6.49. The molecule has 0 spiro atoms. The number of rotatable bonds is 7. The highest BCUT2D eigenvalue weighted by Gasteiger charge is 2.59. The molecule has 1 unspecified atom stereocenters. The van der Waals surface area contributed by atoms with Gasteiger partial charge in [-0.3, -0.25) is 4.79 Å². The number of nitrogens with zero attached hydrogens (tertiary/aromatic N) is 1. The molecule has 0 aliphatic carbocycles. The highest BCUT2D eigenvalue weighted by atomic mass is 19.4. The van der Waals surface area contributed by atoms with Crippen LogP contribution in [0.2, 0.25) is 0 Å². The summed E-state index contributed by atoms with van der Waals surface area (Å²) in [6.07, 6.45) is -4.93. The predicted octanol–water partition coefficient (Wildman–Crippen LogP) is 6.40. The summed E-state index contributed by atoms with van der Waals surface area (Å²) >= 11 is 0. The molecule has 11 heteroatoms. The molecule has 7 nitrogen and oxygen atoms in total. The van der Waals surface area contributed by atoms with Crippen LogP contribution in [0.15, 0.2) is 66.7 Å². The summed E-state index contributed by atoms with van der Waals surface area (Å²) in [6, 6.07) is 13.5. The van der Waals surface area contributed by atoms with Crippen molar-refractivity contribution in [3.8, 4) is 11.5 Å². The number of likely N-dealkylation sites (tertiary alicyclic amines) is 1. The van der Waals surface area contributed by atoms with E-state index in [-0.39, 0.29) is 30.0 Å². The number of carboxylic acid groups (broad SMARTS) is 1. The van der Waals surface area contributed by atoms with Gasteiger partial charge in [0.15, 0.2) is 6.10 Å². The second kappa shape index (κ2) is 12.3. The van der Waals surface area contributed by atoms with Crippen LogP contribution in [0.1, 0.15) is 55.5 Å². The van der Waals surface area contributed by atoms with E-state index in [2.05, 4.69) is 5.32 Å². The Kier molecular flexibility index (Phi) is 8.86. The number of hydrogen-bond donors (Lipinski definition) is 2. The Morgan fingerprint density at radius 1 is 1.04 bits per heavy atom. The maximum atomic E-state index is 14.4. The van der Waals surface area contributed by atoms with Crippen LogP contribution < -0.4 is 14.8 Å². The van der Waals surface area contributed by atoms with Gasteiger partial charge in [0.25, 0.3) is 5.91 Å². The van der Waals surface area contributed by atoms with E-state index in [0.717, 1.165) is 17.7 Å². The number of methoxy groups -OCH3 is 1. The molecule has 2 N–H and O–H groups in total. The van der Waals surface area contributed by atoms with Crippen LogP contribution in [0, 0.1) is 17.2 Å². The average Bonchev–Trinajstić information content (AvgIpc) is 3.35. The lowest BCUT2D eigenvalue weighted by Crippen LogP contribution is -2.51. The second-order valence-corrected chi connectivity index (χ2v) is 12.6. The fourth-order valence-corrected chi connectivity index (χ4v) is 6.73. The number of hydrogen-bond acceptors (Lipinski definition) is 5. The Balaban J connectivity index is 1.58. The first-order valence-corrected chi connectivity index (χ1v) is 14.7. The Hall–Kier alpha value is -4.12. The molecule has 1 saturated heterocycles. The van der Waals surface area contributed by atoms with Gasteiger partial charge in [-0.2, -0.15) is 13.2 Å². The number of amides is 1. The third-order valence-electron chi connectivity index (χ3n) is 8.70. The molecule has 240 valence electrons. The summed E-state index contributed by atoms with van der Waals surface area (Å²) in [7, 11) is 1.36. The number of alkyl halides is 3. The highest BCUT2D eigenvalue weighted by Crippen LogP contribution is 2.49. The van der Waals surface area contributed by atoms with E-state index in [1.807, 2.05) is 20.8 Å². The van der Waals surface area contributed by atoms with Crippen molar-refractivity contribution in [1.82, 2.24) is 10.2 Å². The van der Waals surface area contributed by atoms with E-state index in [9.17, 15) is 32.3 Å². The van der Waals surface area contributed by atoms with Gasteiger partial charge in [-0.1, -0.05) is 57.2 Å². The molecule has 0 radical (unpaired) electrons. The molecule has 2 heterocycles. The Morgan fingerprint density at radius 3 is 2.38 bits per heavy atom. The molecule has 1 fully saturated rings. The average molecular weight is 629 g/mol. The van der Waals surface area contributed by atoms with Gasteiger partial charge in [0, 0.05) is 30.1 Å². The third-order valence-corrected chi connectivity index (χ3v) is 8.70. The van der Waals surface area contributed by atoms with Gasteiger partial charge in [0.1, 0.15) is 23.4 Å². The lowest BCUT2D eigenvalue weighted by molar-refractivity contribution is -0.155. The van der Waals surface area contributed by atoms with Crippen molar-refractivity contribution in [2.45, 2.75) is 70.6 Å². The van der Waals surface area contributed by atoms with Crippen LogP contribution >= 0.6 is 0 Å². The maximum Gasteiger partial charge on any atom is 0.416 e. The predicted molar refractivity (Wildman–Crippen MR) is 158 cm³/mol. The minimum atomic E-state index is -4.58. The summed E-state index contributed by atoms with van der Waals surface area (Å²) in [4.78, 5) is 28.9. The molecule has 2 aliphatic heterocycles. The van der Waals surface area contributed by atoms with Crippen LogP contribution in [-0.4, -0.2) is 47.2 Å². The van der Waals surface area contributed by atoms with Crippen molar-refractivity contribution in [2.24, 2.45) is 11.3 Å². The number of ether oxygens (including phenoxy) is 2. The first kappa shape index (κ1) is 32.3. The number of aryl methyl sites for hydroxylation is 1. The van der Waals surface area contributed by atoms with E-state index < -0.39 is 65.0 Å². The number of carbonyl (C=O) groups excluding carboxylic acids is 1. The number of halogens is 4. The molecule has 1 amide bonds. The number of carbonyl (C=O) groups is 2. The van der Waals surface area contributed by atoms with Crippen LogP contribution in [-0.2, 0) is 28.7 Å². The molecule has 0 bridgehead atoms. The summed E-state index contributed by atoms with van der Waals surface area (Å²) in [5, 5.41) is 14.0. The number of fused-ring (bicyclic) bond motifs is 1. The van der Waals surface area contributed by atoms with Crippen molar-refractivity contribution in [1.29, 1.82) is 0 Å². The van der Waals surface area contributed by atoms with Crippen molar-refractivity contribution in [2.75, 3.05) is 7.11 Å². The largest absolute Gasteiger partial charge is 0.496 e. The van der Waals surface area contributed by atoms with E-state index in [1.54, 1.807) is 36.4 Å². The quantitative estimate of drug-likeness (QED) is 0.295. The lowest BCUT2D eigenvalue weighted by atomic mass is 9.72. The van der Waals surface area contributed by atoms with E-state index in [4.69, 9.17) is 9.47 Å². The van der Waals surface area contributed by atoms with Gasteiger partial charge in [0.2, 0.25) is 0 Å². The first-order valence-electron chi connectivity index (χ1n) is 14.7. The number of aliphatic carboxylic acids is 1. The smallest absolute Gasteiger partial charge is 0.416 e. The molecule has 45 heavy (non-hydrogen) atoms. The summed E-state index contributed by atoms with van der Waals surface area (Å²) in [5.41, 5.74) is 0.115. The van der Waals surface area contributed by atoms with Gasteiger partial charge in [-0.25, -0.2) is 9.18 Å². The van der Waals surface area contributed by atoms with Crippen molar-refractivity contribution in [3.05, 3.63) is 94.8 Å². The topological polar surface area (TPSA) is 88.1 Å². The number of benzene rings is 3. The van der Waals surface area contributed by atoms with Gasteiger partial charge in [0.05, 0.1) is 18.7 Å². The molecule has 5 rings (SSSR count). The molecule has 3 aromatic rings. The normalized spacial score (nSPS) is 23.3. The zero-order chi connectivity index (χ0) is 32.7. The Morgan fingerprint density at radius 2 is 1.76 bits per heavy atom. The summed E-state index contributed by atoms with van der Waals surface area (Å²) < 4.78 is 66.2. The molecular formula is C34H36F4N2O5. The van der Waals surface area contributed by atoms with Crippen LogP contribution in [0.25, 0.3) is 0 Å². The second-order valence-electron chi connectivity index (χ2n) is 12.6. The zero-order valence-corrected chi connectivity index (χ0v) is 25.4. The van der Waals surface area contributed by atoms with Crippen LogP contribution in [0.4, 0.5) is 17.6 Å². The molecule has 5 atom stereocenters. The molecule has 3 aromatic carbocycles. The monoisotopic (exact) mass is 628 g/mol. The maximum absolute atomic E-state index is 14.4. The van der Waals surface area contributed by atoms with Gasteiger partial charge in [-0.15, -0.1) is 0 Å². The van der Waals surface area contributed by atoms with Crippen LogP contribution in [0.3, 0.4) is 0 Å².